The summed E-state index contributed by atoms with van der Waals surface area (Å²) >= 11 is 0. The number of ether oxygens (including phenoxy) is 3. The second kappa shape index (κ2) is 8.39. The van der Waals surface area contributed by atoms with E-state index in [0.29, 0.717) is 43.3 Å². The molecule has 1 heterocycles. The van der Waals surface area contributed by atoms with Gasteiger partial charge < -0.3 is 24.8 Å². The number of amides is 1. The van der Waals surface area contributed by atoms with Gasteiger partial charge in [-0.1, -0.05) is 30.3 Å². The number of methoxy groups -OCH3 is 1. The van der Waals surface area contributed by atoms with Crippen LogP contribution < -0.4 is 24.8 Å². The van der Waals surface area contributed by atoms with Crippen molar-refractivity contribution >= 4 is 5.91 Å². The van der Waals surface area contributed by atoms with Crippen LogP contribution in [0.25, 0.3) is 0 Å². The van der Waals surface area contributed by atoms with Crippen LogP contribution in [0.3, 0.4) is 0 Å². The maximum atomic E-state index is 11.9. The van der Waals surface area contributed by atoms with Gasteiger partial charge in [-0.2, -0.15) is 0 Å². The standard InChI is InChI=1S/C19H22N2O4/c1-23-16-9-15(10-17-19(16)25-13-24-17)11-20-8-7-18(22)21-12-14-5-3-2-4-6-14/h2-6,9-10,20H,7-8,11-13H2,1H3,(H,21,22). The number of carbonyl (C=O) groups excluding carboxylic acids is 1. The van der Waals surface area contributed by atoms with Crippen molar-refractivity contribution in [3.05, 3.63) is 53.6 Å². The van der Waals surface area contributed by atoms with Crippen LogP contribution >= 0.6 is 0 Å². The number of carbonyl (C=O) groups is 1. The van der Waals surface area contributed by atoms with E-state index in [9.17, 15) is 4.79 Å². The number of hydrogen-bond acceptors (Lipinski definition) is 5. The number of hydrogen-bond donors (Lipinski definition) is 2. The predicted octanol–water partition coefficient (Wildman–Crippen LogP) is 2.22. The zero-order chi connectivity index (χ0) is 17.5. The van der Waals surface area contributed by atoms with Gasteiger partial charge in [-0.05, 0) is 23.3 Å². The number of rotatable bonds is 8. The van der Waals surface area contributed by atoms with Crippen molar-refractivity contribution in [2.24, 2.45) is 0 Å². The first-order valence-electron chi connectivity index (χ1n) is 8.24. The fourth-order valence-electron chi connectivity index (χ4n) is 2.61. The largest absolute Gasteiger partial charge is 0.493 e. The zero-order valence-electron chi connectivity index (χ0n) is 14.2. The van der Waals surface area contributed by atoms with E-state index in [-0.39, 0.29) is 12.7 Å². The monoisotopic (exact) mass is 342 g/mol. The lowest BCUT2D eigenvalue weighted by atomic mass is 10.2. The molecule has 2 aromatic rings. The zero-order valence-corrected chi connectivity index (χ0v) is 14.2. The molecular weight excluding hydrogens is 320 g/mol. The van der Waals surface area contributed by atoms with E-state index < -0.39 is 0 Å². The topological polar surface area (TPSA) is 68.8 Å². The highest BCUT2D eigenvalue weighted by Crippen LogP contribution is 2.41. The van der Waals surface area contributed by atoms with E-state index in [2.05, 4.69) is 10.6 Å². The summed E-state index contributed by atoms with van der Waals surface area (Å²) in [5.41, 5.74) is 2.11. The molecule has 0 spiro atoms. The molecule has 1 aliphatic heterocycles. The average molecular weight is 342 g/mol. The minimum absolute atomic E-state index is 0.0274. The van der Waals surface area contributed by atoms with Crippen molar-refractivity contribution < 1.29 is 19.0 Å². The Morgan fingerprint density at radius 2 is 1.96 bits per heavy atom. The average Bonchev–Trinajstić information content (AvgIpc) is 3.12. The van der Waals surface area contributed by atoms with Gasteiger partial charge in [0.05, 0.1) is 7.11 Å². The van der Waals surface area contributed by atoms with E-state index in [1.807, 2.05) is 42.5 Å². The van der Waals surface area contributed by atoms with Crippen LogP contribution in [-0.4, -0.2) is 26.4 Å². The Bertz CT molecular complexity index is 719. The Morgan fingerprint density at radius 1 is 1.12 bits per heavy atom. The Labute approximate surface area is 147 Å². The van der Waals surface area contributed by atoms with Gasteiger partial charge >= 0.3 is 0 Å². The molecule has 0 atom stereocenters. The fraction of sp³-hybridized carbons (Fsp3) is 0.316. The Kier molecular flexibility index (Phi) is 5.74. The summed E-state index contributed by atoms with van der Waals surface area (Å²) in [4.78, 5) is 11.9. The third-order valence-corrected chi connectivity index (χ3v) is 3.91. The summed E-state index contributed by atoms with van der Waals surface area (Å²) in [7, 11) is 1.60. The van der Waals surface area contributed by atoms with Crippen LogP contribution in [0.1, 0.15) is 17.5 Å². The van der Waals surface area contributed by atoms with E-state index in [0.717, 1.165) is 11.1 Å². The Balaban J connectivity index is 1.40. The summed E-state index contributed by atoms with van der Waals surface area (Å²) in [6.07, 6.45) is 0.425. The van der Waals surface area contributed by atoms with Crippen LogP contribution in [0, 0.1) is 0 Å². The second-order valence-corrected chi connectivity index (χ2v) is 5.72. The van der Waals surface area contributed by atoms with Crippen molar-refractivity contribution in [1.82, 2.24) is 10.6 Å². The van der Waals surface area contributed by atoms with Crippen LogP contribution in [-0.2, 0) is 17.9 Å². The molecule has 0 unspecified atom stereocenters. The minimum atomic E-state index is 0.0274. The molecule has 0 aromatic heterocycles. The summed E-state index contributed by atoms with van der Waals surface area (Å²) in [6.45, 7) is 1.99. The molecule has 1 amide bonds. The SMILES string of the molecule is COc1cc(CNCCC(=O)NCc2ccccc2)cc2c1OCO2. The molecule has 132 valence electrons. The predicted molar refractivity (Wildman–Crippen MR) is 93.7 cm³/mol. The molecule has 0 aliphatic carbocycles. The molecule has 2 aromatic carbocycles. The van der Waals surface area contributed by atoms with Crippen molar-refractivity contribution in [1.29, 1.82) is 0 Å². The maximum absolute atomic E-state index is 11.9. The molecule has 0 saturated carbocycles. The first kappa shape index (κ1) is 17.1. The van der Waals surface area contributed by atoms with Gasteiger partial charge in [-0.15, -0.1) is 0 Å². The molecule has 0 saturated heterocycles. The fourth-order valence-corrected chi connectivity index (χ4v) is 2.61. The molecular formula is C19H22N2O4. The lowest BCUT2D eigenvalue weighted by molar-refractivity contribution is -0.121. The second-order valence-electron chi connectivity index (χ2n) is 5.72. The van der Waals surface area contributed by atoms with Crippen LogP contribution in [0.2, 0.25) is 0 Å². The molecule has 1 aliphatic rings. The third-order valence-electron chi connectivity index (χ3n) is 3.91. The van der Waals surface area contributed by atoms with Gasteiger partial charge in [-0.3, -0.25) is 4.79 Å². The highest BCUT2D eigenvalue weighted by Gasteiger charge is 2.19. The van der Waals surface area contributed by atoms with Crippen LogP contribution in [0.4, 0.5) is 0 Å². The van der Waals surface area contributed by atoms with Gasteiger partial charge in [0, 0.05) is 26.1 Å². The molecule has 0 bridgehead atoms. The molecule has 3 rings (SSSR count). The van der Waals surface area contributed by atoms with Gasteiger partial charge in [-0.25, -0.2) is 0 Å². The maximum Gasteiger partial charge on any atom is 0.231 e. The van der Waals surface area contributed by atoms with E-state index >= 15 is 0 Å². The number of fused-ring (bicyclic) bond motifs is 1. The van der Waals surface area contributed by atoms with Gasteiger partial charge in [0.15, 0.2) is 11.5 Å². The van der Waals surface area contributed by atoms with Gasteiger partial charge in [0.25, 0.3) is 0 Å². The van der Waals surface area contributed by atoms with Gasteiger partial charge in [0.2, 0.25) is 18.4 Å². The quantitative estimate of drug-likeness (QED) is 0.720. The smallest absolute Gasteiger partial charge is 0.231 e. The Morgan fingerprint density at radius 3 is 2.76 bits per heavy atom. The highest BCUT2D eigenvalue weighted by atomic mass is 16.7. The summed E-state index contributed by atoms with van der Waals surface area (Å²) < 4.78 is 16.1. The third kappa shape index (κ3) is 4.64. The molecule has 2 N–H and O–H groups in total. The van der Waals surface area contributed by atoms with Crippen molar-refractivity contribution in [3.63, 3.8) is 0 Å². The first-order valence-corrected chi connectivity index (χ1v) is 8.24. The molecule has 6 nitrogen and oxygen atoms in total. The lowest BCUT2D eigenvalue weighted by Gasteiger charge is -2.09. The van der Waals surface area contributed by atoms with E-state index in [1.165, 1.54) is 0 Å². The minimum Gasteiger partial charge on any atom is -0.493 e. The van der Waals surface area contributed by atoms with E-state index in [4.69, 9.17) is 14.2 Å². The molecule has 0 fully saturated rings. The van der Waals surface area contributed by atoms with Crippen LogP contribution in [0.15, 0.2) is 42.5 Å². The number of benzene rings is 2. The molecule has 6 heteroatoms. The van der Waals surface area contributed by atoms with Gasteiger partial charge in [0.1, 0.15) is 0 Å². The van der Waals surface area contributed by atoms with Crippen molar-refractivity contribution in [2.45, 2.75) is 19.5 Å². The van der Waals surface area contributed by atoms with Crippen LogP contribution in [0.5, 0.6) is 17.2 Å². The molecule has 0 radical (unpaired) electrons. The summed E-state index contributed by atoms with van der Waals surface area (Å²) in [5.74, 6) is 2.02. The lowest BCUT2D eigenvalue weighted by Crippen LogP contribution is -2.27. The van der Waals surface area contributed by atoms with E-state index in [1.54, 1.807) is 7.11 Å². The molecule has 25 heavy (non-hydrogen) atoms. The van der Waals surface area contributed by atoms with Crippen molar-refractivity contribution in [2.75, 3.05) is 20.4 Å². The summed E-state index contributed by atoms with van der Waals surface area (Å²) in [6, 6.07) is 13.7. The van der Waals surface area contributed by atoms with Crippen molar-refractivity contribution in [3.8, 4) is 17.2 Å². The highest BCUT2D eigenvalue weighted by molar-refractivity contribution is 5.76. The normalized spacial score (nSPS) is 12.0. The Hall–Kier alpha value is -2.73. The number of nitrogens with one attached hydrogen (secondary N) is 2. The summed E-state index contributed by atoms with van der Waals surface area (Å²) in [5, 5.41) is 6.17. The first-order chi connectivity index (χ1) is 12.3.